The number of para-hydroxylation sites is 2. The standard InChI is InChI=1S/C58H50N2/c1-57(2)37-38-58(3,4)55-39-44(29-36-54(55)57)43-27-32-49(33-28-43)59(46-16-7-5-8-17-46)48-30-23-41(24-31-48)42-25-34-50(35-26-42)60(47-18-9-6-10-19-47)56-40-45-15-11-12-20-51(45)52-21-13-14-22-53(52)56/h5-36,39-40H,37-38H2,1-4H3. The van der Waals surface area contributed by atoms with Crippen LogP contribution in [0.3, 0.4) is 0 Å². The zero-order valence-electron chi connectivity index (χ0n) is 34.9. The van der Waals surface area contributed by atoms with E-state index in [2.05, 4.69) is 244 Å². The molecule has 0 saturated heterocycles. The lowest BCUT2D eigenvalue weighted by Crippen LogP contribution is -2.33. The Labute approximate surface area is 355 Å². The van der Waals surface area contributed by atoms with Gasteiger partial charge in [0, 0.05) is 33.8 Å². The quantitative estimate of drug-likeness (QED) is 0.142. The van der Waals surface area contributed by atoms with Crippen LogP contribution < -0.4 is 9.80 Å². The molecule has 0 aromatic heterocycles. The summed E-state index contributed by atoms with van der Waals surface area (Å²) in [7, 11) is 0. The molecule has 0 spiro atoms. The molecule has 2 nitrogen and oxygen atoms in total. The predicted octanol–water partition coefficient (Wildman–Crippen LogP) is 16.6. The maximum absolute atomic E-state index is 2.45. The van der Waals surface area contributed by atoms with E-state index < -0.39 is 0 Å². The maximum Gasteiger partial charge on any atom is 0.0546 e. The highest BCUT2D eigenvalue weighted by Gasteiger charge is 2.37. The Bertz CT molecular complexity index is 2950. The van der Waals surface area contributed by atoms with E-state index in [9.17, 15) is 0 Å². The molecule has 0 radical (unpaired) electrons. The fourth-order valence-corrected chi connectivity index (χ4v) is 9.43. The van der Waals surface area contributed by atoms with Gasteiger partial charge in [0.25, 0.3) is 0 Å². The van der Waals surface area contributed by atoms with E-state index in [1.807, 2.05) is 0 Å². The van der Waals surface area contributed by atoms with Gasteiger partial charge in [-0.2, -0.15) is 0 Å². The Morgan fingerprint density at radius 1 is 0.317 bits per heavy atom. The predicted molar refractivity (Wildman–Crippen MR) is 257 cm³/mol. The second-order valence-corrected chi connectivity index (χ2v) is 17.7. The van der Waals surface area contributed by atoms with Gasteiger partial charge in [0.2, 0.25) is 0 Å². The van der Waals surface area contributed by atoms with Crippen molar-refractivity contribution >= 4 is 55.7 Å². The lowest BCUT2D eigenvalue weighted by atomic mass is 9.63. The first kappa shape index (κ1) is 37.4. The minimum Gasteiger partial charge on any atom is -0.311 e. The molecule has 9 aromatic carbocycles. The van der Waals surface area contributed by atoms with Crippen molar-refractivity contribution in [2.75, 3.05) is 9.80 Å². The van der Waals surface area contributed by atoms with Crippen LogP contribution in [0.2, 0.25) is 0 Å². The Balaban J connectivity index is 0.967. The van der Waals surface area contributed by atoms with Gasteiger partial charge in [0.15, 0.2) is 0 Å². The summed E-state index contributed by atoms with van der Waals surface area (Å²) < 4.78 is 0. The Hall–Kier alpha value is -6.90. The van der Waals surface area contributed by atoms with Crippen molar-refractivity contribution in [2.24, 2.45) is 0 Å². The van der Waals surface area contributed by atoms with E-state index in [-0.39, 0.29) is 10.8 Å². The van der Waals surface area contributed by atoms with Gasteiger partial charge in [-0.25, -0.2) is 0 Å². The van der Waals surface area contributed by atoms with Crippen LogP contribution in [0, 0.1) is 0 Å². The van der Waals surface area contributed by atoms with E-state index in [0.29, 0.717) is 0 Å². The molecule has 2 heteroatoms. The molecule has 0 heterocycles. The molecule has 0 atom stereocenters. The van der Waals surface area contributed by atoms with Crippen LogP contribution in [0.1, 0.15) is 51.7 Å². The van der Waals surface area contributed by atoms with Crippen molar-refractivity contribution in [3.05, 3.63) is 217 Å². The van der Waals surface area contributed by atoms with Crippen molar-refractivity contribution in [2.45, 2.75) is 51.4 Å². The molecular weight excluding hydrogens is 725 g/mol. The van der Waals surface area contributed by atoms with Crippen molar-refractivity contribution in [3.63, 3.8) is 0 Å². The Morgan fingerprint density at radius 2 is 0.717 bits per heavy atom. The fraction of sp³-hybridized carbons (Fsp3) is 0.138. The van der Waals surface area contributed by atoms with Gasteiger partial charge in [-0.3, -0.25) is 0 Å². The molecule has 1 aliphatic rings. The van der Waals surface area contributed by atoms with Crippen LogP contribution in [0.15, 0.2) is 206 Å². The van der Waals surface area contributed by atoms with Gasteiger partial charge in [0.05, 0.1) is 5.69 Å². The summed E-state index contributed by atoms with van der Waals surface area (Å²) >= 11 is 0. The van der Waals surface area contributed by atoms with Gasteiger partial charge < -0.3 is 9.80 Å². The number of benzene rings is 9. The monoisotopic (exact) mass is 774 g/mol. The van der Waals surface area contributed by atoms with Crippen LogP contribution in [-0.4, -0.2) is 0 Å². The van der Waals surface area contributed by atoms with Crippen LogP contribution in [-0.2, 0) is 10.8 Å². The van der Waals surface area contributed by atoms with E-state index in [1.165, 1.54) is 67.8 Å². The van der Waals surface area contributed by atoms with E-state index >= 15 is 0 Å². The first-order valence-electron chi connectivity index (χ1n) is 21.3. The van der Waals surface area contributed by atoms with Gasteiger partial charge in [-0.15, -0.1) is 0 Å². The molecular formula is C58H50N2. The number of hydrogen-bond acceptors (Lipinski definition) is 2. The van der Waals surface area contributed by atoms with E-state index in [4.69, 9.17) is 0 Å². The molecule has 0 N–H and O–H groups in total. The highest BCUT2D eigenvalue weighted by molar-refractivity contribution is 6.14. The van der Waals surface area contributed by atoms with Crippen molar-refractivity contribution in [3.8, 4) is 22.3 Å². The highest BCUT2D eigenvalue weighted by atomic mass is 15.1. The Kier molecular flexibility index (Phi) is 9.37. The number of hydrogen-bond donors (Lipinski definition) is 0. The zero-order valence-corrected chi connectivity index (χ0v) is 34.9. The summed E-state index contributed by atoms with van der Waals surface area (Å²) in [6.45, 7) is 9.59. The van der Waals surface area contributed by atoms with E-state index in [1.54, 1.807) is 0 Å². The third-order valence-electron chi connectivity index (χ3n) is 12.9. The maximum atomic E-state index is 2.45. The van der Waals surface area contributed by atoms with Gasteiger partial charge >= 0.3 is 0 Å². The molecule has 292 valence electrons. The number of rotatable bonds is 8. The van der Waals surface area contributed by atoms with Crippen LogP contribution >= 0.6 is 0 Å². The fourth-order valence-electron chi connectivity index (χ4n) is 9.43. The molecule has 1 aliphatic carbocycles. The average Bonchev–Trinajstić information content (AvgIpc) is 3.29. The lowest BCUT2D eigenvalue weighted by molar-refractivity contribution is 0.332. The lowest BCUT2D eigenvalue weighted by Gasteiger charge is -2.42. The average molecular weight is 775 g/mol. The van der Waals surface area contributed by atoms with Crippen molar-refractivity contribution in [1.82, 2.24) is 0 Å². The van der Waals surface area contributed by atoms with E-state index in [0.717, 1.165) is 34.1 Å². The SMILES string of the molecule is CC1(C)CCC(C)(C)c2cc(-c3ccc(N(c4ccccc4)c4ccc(-c5ccc(N(c6ccccc6)c6cc7ccccc7c7ccccc67)cc5)cc4)cc3)ccc21. The van der Waals surface area contributed by atoms with Crippen molar-refractivity contribution < 1.29 is 0 Å². The topological polar surface area (TPSA) is 6.48 Å². The molecule has 0 amide bonds. The summed E-state index contributed by atoms with van der Waals surface area (Å²) in [4.78, 5) is 4.73. The molecule has 0 fully saturated rings. The summed E-state index contributed by atoms with van der Waals surface area (Å²) in [5.41, 5.74) is 15.0. The third-order valence-corrected chi connectivity index (χ3v) is 12.9. The number of fused-ring (bicyclic) bond motifs is 4. The number of anilines is 6. The summed E-state index contributed by atoms with van der Waals surface area (Å²) in [5.74, 6) is 0. The van der Waals surface area contributed by atoms with Crippen molar-refractivity contribution in [1.29, 1.82) is 0 Å². The molecule has 60 heavy (non-hydrogen) atoms. The zero-order chi connectivity index (χ0) is 40.8. The van der Waals surface area contributed by atoms with Crippen LogP contribution in [0.25, 0.3) is 43.8 Å². The highest BCUT2D eigenvalue weighted by Crippen LogP contribution is 2.47. The first-order valence-corrected chi connectivity index (χ1v) is 21.3. The largest absolute Gasteiger partial charge is 0.311 e. The summed E-state index contributed by atoms with van der Waals surface area (Å²) in [6.07, 6.45) is 2.43. The van der Waals surface area contributed by atoms with Crippen LogP contribution in [0.5, 0.6) is 0 Å². The minimum atomic E-state index is 0.175. The number of nitrogens with zero attached hydrogens (tertiary/aromatic N) is 2. The Morgan fingerprint density at radius 3 is 1.28 bits per heavy atom. The van der Waals surface area contributed by atoms with Gasteiger partial charge in [-0.05, 0) is 140 Å². The third kappa shape index (κ3) is 6.82. The normalized spacial score (nSPS) is 14.1. The van der Waals surface area contributed by atoms with Gasteiger partial charge in [0.1, 0.15) is 0 Å². The second-order valence-electron chi connectivity index (χ2n) is 17.7. The molecule has 0 unspecified atom stereocenters. The molecule has 0 bridgehead atoms. The first-order chi connectivity index (χ1) is 29.2. The van der Waals surface area contributed by atoms with Gasteiger partial charge in [-0.1, -0.05) is 167 Å². The van der Waals surface area contributed by atoms with Crippen LogP contribution in [0.4, 0.5) is 34.1 Å². The smallest absolute Gasteiger partial charge is 0.0546 e. The second kappa shape index (κ2) is 15.0. The molecule has 9 aromatic rings. The summed E-state index contributed by atoms with van der Waals surface area (Å²) in [6, 6.07) is 75.4. The summed E-state index contributed by atoms with van der Waals surface area (Å²) in [5, 5.41) is 4.98. The minimum absolute atomic E-state index is 0.175. The molecule has 0 saturated carbocycles. The molecule has 0 aliphatic heterocycles. The molecule has 10 rings (SSSR count).